The highest BCUT2D eigenvalue weighted by Crippen LogP contribution is 2.10. The van der Waals surface area contributed by atoms with Crippen LogP contribution in [0.1, 0.15) is 19.3 Å². The Balaban J connectivity index is 2.22. The largest absolute Gasteiger partial charge is 0.306 e. The Bertz CT molecular complexity index is 108. The highest BCUT2D eigenvalue weighted by molar-refractivity contribution is 7.96. The van der Waals surface area contributed by atoms with Gasteiger partial charge in [0.2, 0.25) is 0 Å². The average molecular weight is 174 g/mol. The van der Waals surface area contributed by atoms with E-state index < -0.39 is 0 Å². The van der Waals surface area contributed by atoms with Gasteiger partial charge in [-0.05, 0) is 45.7 Å². The summed E-state index contributed by atoms with van der Waals surface area (Å²) >= 11 is 1.75. The van der Waals surface area contributed by atoms with E-state index in [1.165, 1.54) is 32.4 Å². The van der Waals surface area contributed by atoms with Crippen LogP contribution in [-0.2, 0) is 0 Å². The molecule has 2 nitrogen and oxygen atoms in total. The van der Waals surface area contributed by atoms with E-state index in [-0.39, 0.29) is 0 Å². The second-order valence-corrected chi connectivity index (χ2v) is 3.90. The van der Waals surface area contributed by atoms with Crippen LogP contribution < -0.4 is 4.72 Å². The third-order valence-electron chi connectivity index (χ3n) is 2.24. The summed E-state index contributed by atoms with van der Waals surface area (Å²) in [6.45, 7) is 2.52. The molecule has 1 unspecified atom stereocenters. The van der Waals surface area contributed by atoms with Crippen LogP contribution in [0, 0.1) is 0 Å². The summed E-state index contributed by atoms with van der Waals surface area (Å²) in [7, 11) is 2.21. The van der Waals surface area contributed by atoms with Crippen LogP contribution >= 0.6 is 11.9 Å². The van der Waals surface area contributed by atoms with E-state index in [4.69, 9.17) is 0 Å². The second kappa shape index (κ2) is 5.01. The topological polar surface area (TPSA) is 15.3 Å². The van der Waals surface area contributed by atoms with E-state index in [2.05, 4.69) is 22.9 Å². The molecular formula is C8H18N2S. The van der Waals surface area contributed by atoms with Gasteiger partial charge in [-0.3, -0.25) is 4.72 Å². The first-order chi connectivity index (χ1) is 5.33. The molecular weight excluding hydrogens is 156 g/mol. The Morgan fingerprint density at radius 1 is 1.36 bits per heavy atom. The predicted octanol–water partition coefficient (Wildman–Crippen LogP) is 1.34. The molecule has 1 fully saturated rings. The quantitative estimate of drug-likeness (QED) is 0.636. The molecule has 1 heterocycles. The molecule has 0 spiro atoms. The van der Waals surface area contributed by atoms with Gasteiger partial charge in [-0.15, -0.1) is 0 Å². The number of rotatable bonds is 2. The zero-order valence-corrected chi connectivity index (χ0v) is 8.28. The van der Waals surface area contributed by atoms with E-state index in [0.29, 0.717) is 0 Å². The molecule has 66 valence electrons. The van der Waals surface area contributed by atoms with Crippen molar-refractivity contribution in [2.75, 3.05) is 26.4 Å². The minimum atomic E-state index is 0.745. The third kappa shape index (κ3) is 3.45. The number of nitrogens with one attached hydrogen (secondary N) is 1. The van der Waals surface area contributed by atoms with Crippen molar-refractivity contribution in [3.63, 3.8) is 0 Å². The standard InChI is InChI=1S/C8H18N2S/c1-10-6-3-4-8(5-7-10)9-11-2/h8-9H,3-7H2,1-2H3. The Morgan fingerprint density at radius 2 is 2.18 bits per heavy atom. The molecule has 1 rings (SSSR count). The lowest BCUT2D eigenvalue weighted by Gasteiger charge is -2.14. The number of likely N-dealkylation sites (tertiary alicyclic amines) is 1. The van der Waals surface area contributed by atoms with Gasteiger partial charge >= 0.3 is 0 Å². The summed E-state index contributed by atoms with van der Waals surface area (Å²) in [5, 5.41) is 0. The van der Waals surface area contributed by atoms with E-state index in [9.17, 15) is 0 Å². The van der Waals surface area contributed by atoms with Crippen molar-refractivity contribution in [1.82, 2.24) is 9.62 Å². The second-order valence-electron chi connectivity index (χ2n) is 3.25. The highest BCUT2D eigenvalue weighted by atomic mass is 32.2. The summed E-state index contributed by atoms with van der Waals surface area (Å²) in [5.41, 5.74) is 0. The summed E-state index contributed by atoms with van der Waals surface area (Å²) in [6.07, 6.45) is 6.09. The average Bonchev–Trinajstić information content (AvgIpc) is 2.17. The summed E-state index contributed by atoms with van der Waals surface area (Å²) in [4.78, 5) is 2.42. The van der Waals surface area contributed by atoms with Gasteiger partial charge < -0.3 is 4.90 Å². The molecule has 0 radical (unpaired) electrons. The lowest BCUT2D eigenvalue weighted by Crippen LogP contribution is -2.24. The zero-order valence-electron chi connectivity index (χ0n) is 7.47. The SMILES string of the molecule is CSNC1CCCN(C)CC1. The summed E-state index contributed by atoms with van der Waals surface area (Å²) < 4.78 is 3.44. The van der Waals surface area contributed by atoms with E-state index >= 15 is 0 Å². The fourth-order valence-corrected chi connectivity index (χ4v) is 2.09. The minimum absolute atomic E-state index is 0.745. The Labute approximate surface area is 73.9 Å². The number of nitrogens with zero attached hydrogens (tertiary/aromatic N) is 1. The molecule has 1 saturated heterocycles. The molecule has 0 bridgehead atoms. The fraction of sp³-hybridized carbons (Fsp3) is 1.00. The van der Waals surface area contributed by atoms with Gasteiger partial charge in [0.1, 0.15) is 0 Å². The summed E-state index contributed by atoms with van der Waals surface area (Å²) in [6, 6.07) is 0.745. The summed E-state index contributed by atoms with van der Waals surface area (Å²) in [5.74, 6) is 0. The normalized spacial score (nSPS) is 28.4. The highest BCUT2D eigenvalue weighted by Gasteiger charge is 2.12. The molecule has 1 N–H and O–H groups in total. The van der Waals surface area contributed by atoms with E-state index in [1.807, 2.05) is 0 Å². The van der Waals surface area contributed by atoms with Gasteiger partial charge in [-0.1, -0.05) is 11.9 Å². The van der Waals surface area contributed by atoms with Crippen LogP contribution in [0.2, 0.25) is 0 Å². The van der Waals surface area contributed by atoms with Crippen LogP contribution in [-0.4, -0.2) is 37.3 Å². The molecule has 0 aliphatic carbocycles. The van der Waals surface area contributed by atoms with Gasteiger partial charge in [0.05, 0.1) is 0 Å². The molecule has 0 aromatic rings. The van der Waals surface area contributed by atoms with Crippen molar-refractivity contribution in [1.29, 1.82) is 0 Å². The Morgan fingerprint density at radius 3 is 2.91 bits per heavy atom. The third-order valence-corrected chi connectivity index (χ3v) is 2.81. The molecule has 11 heavy (non-hydrogen) atoms. The smallest absolute Gasteiger partial charge is 0.0184 e. The van der Waals surface area contributed by atoms with Crippen LogP contribution in [0.25, 0.3) is 0 Å². The van der Waals surface area contributed by atoms with Crippen LogP contribution in [0.15, 0.2) is 0 Å². The molecule has 0 aromatic carbocycles. The fourth-order valence-electron chi connectivity index (χ4n) is 1.52. The molecule has 3 heteroatoms. The van der Waals surface area contributed by atoms with Crippen molar-refractivity contribution >= 4 is 11.9 Å². The first-order valence-corrected chi connectivity index (χ1v) is 5.52. The zero-order chi connectivity index (χ0) is 8.10. The molecule has 0 aromatic heterocycles. The van der Waals surface area contributed by atoms with Gasteiger partial charge in [-0.25, -0.2) is 0 Å². The van der Waals surface area contributed by atoms with Gasteiger partial charge in [-0.2, -0.15) is 0 Å². The van der Waals surface area contributed by atoms with Gasteiger partial charge in [0.15, 0.2) is 0 Å². The van der Waals surface area contributed by atoms with Crippen LogP contribution in [0.3, 0.4) is 0 Å². The van der Waals surface area contributed by atoms with Crippen molar-refractivity contribution in [2.24, 2.45) is 0 Å². The number of hydrogen-bond donors (Lipinski definition) is 1. The Kier molecular flexibility index (Phi) is 4.26. The maximum atomic E-state index is 3.44. The Hall–Kier alpha value is 0.270. The van der Waals surface area contributed by atoms with Crippen molar-refractivity contribution in [2.45, 2.75) is 25.3 Å². The molecule has 1 aliphatic rings. The van der Waals surface area contributed by atoms with Gasteiger partial charge in [0.25, 0.3) is 0 Å². The van der Waals surface area contributed by atoms with Crippen molar-refractivity contribution in [3.05, 3.63) is 0 Å². The maximum absolute atomic E-state index is 3.44. The van der Waals surface area contributed by atoms with E-state index in [0.717, 1.165) is 6.04 Å². The predicted molar refractivity (Wildman–Crippen MR) is 51.8 cm³/mol. The van der Waals surface area contributed by atoms with Crippen LogP contribution in [0.5, 0.6) is 0 Å². The molecule has 1 aliphatic heterocycles. The molecule has 0 saturated carbocycles. The van der Waals surface area contributed by atoms with Gasteiger partial charge in [0, 0.05) is 6.04 Å². The first kappa shape index (κ1) is 9.36. The van der Waals surface area contributed by atoms with Crippen molar-refractivity contribution in [3.8, 4) is 0 Å². The molecule has 1 atom stereocenters. The number of hydrogen-bond acceptors (Lipinski definition) is 3. The monoisotopic (exact) mass is 174 g/mol. The van der Waals surface area contributed by atoms with Crippen LogP contribution in [0.4, 0.5) is 0 Å². The van der Waals surface area contributed by atoms with Crippen molar-refractivity contribution < 1.29 is 0 Å². The lowest BCUT2D eigenvalue weighted by atomic mass is 10.1. The minimum Gasteiger partial charge on any atom is -0.306 e. The maximum Gasteiger partial charge on any atom is 0.0184 e. The first-order valence-electron chi connectivity index (χ1n) is 4.30. The molecule has 0 amide bonds. The lowest BCUT2D eigenvalue weighted by molar-refractivity contribution is 0.347. The van der Waals surface area contributed by atoms with E-state index in [1.54, 1.807) is 11.9 Å².